The molecule has 3 amide bonds. The molecule has 0 aliphatic carbocycles. The van der Waals surface area contributed by atoms with Gasteiger partial charge in [-0.15, -0.1) is 0 Å². The number of ether oxygens (including phenoxy) is 1. The number of likely N-dealkylation sites (tertiary alicyclic amines) is 1. The molecule has 2 aromatic rings. The van der Waals surface area contributed by atoms with E-state index in [9.17, 15) is 14.4 Å². The van der Waals surface area contributed by atoms with Gasteiger partial charge in [-0.25, -0.2) is 4.79 Å². The lowest BCUT2D eigenvalue weighted by atomic mass is 10.1. The lowest BCUT2D eigenvalue weighted by molar-refractivity contribution is -0.129. The SMILES string of the molecule is O=C(NCCNC(=O)C1CC(=O)N(Cc2ccccc2)C1)Oc1ccccc1. The fourth-order valence-electron chi connectivity index (χ4n) is 3.03. The van der Waals surface area contributed by atoms with Crippen LogP contribution >= 0.6 is 0 Å². The smallest absolute Gasteiger partial charge is 0.410 e. The third kappa shape index (κ3) is 5.57. The highest BCUT2D eigenvalue weighted by atomic mass is 16.6. The van der Waals surface area contributed by atoms with Crippen LogP contribution in [0.2, 0.25) is 0 Å². The first-order valence-electron chi connectivity index (χ1n) is 9.22. The minimum absolute atomic E-state index is 0.0198. The van der Waals surface area contributed by atoms with Gasteiger partial charge in [-0.3, -0.25) is 9.59 Å². The van der Waals surface area contributed by atoms with Crippen LogP contribution in [0.3, 0.4) is 0 Å². The molecule has 0 bridgehead atoms. The number of amides is 3. The van der Waals surface area contributed by atoms with Crippen molar-refractivity contribution in [1.82, 2.24) is 15.5 Å². The van der Waals surface area contributed by atoms with Crippen LogP contribution < -0.4 is 15.4 Å². The predicted octanol–water partition coefficient (Wildman–Crippen LogP) is 1.94. The maximum absolute atomic E-state index is 12.3. The molecule has 0 saturated carbocycles. The Bertz CT molecular complexity index is 811. The third-order valence-corrected chi connectivity index (χ3v) is 4.45. The van der Waals surface area contributed by atoms with Crippen molar-refractivity contribution < 1.29 is 19.1 Å². The first-order valence-corrected chi connectivity index (χ1v) is 9.22. The van der Waals surface area contributed by atoms with Gasteiger partial charge in [-0.2, -0.15) is 0 Å². The summed E-state index contributed by atoms with van der Waals surface area (Å²) in [7, 11) is 0. The second-order valence-corrected chi connectivity index (χ2v) is 6.58. The van der Waals surface area contributed by atoms with Crippen LogP contribution in [0.5, 0.6) is 5.75 Å². The molecule has 3 rings (SSSR count). The molecule has 2 N–H and O–H groups in total. The lowest BCUT2D eigenvalue weighted by Crippen LogP contribution is -2.39. The number of rotatable bonds is 7. The molecule has 1 saturated heterocycles. The maximum Gasteiger partial charge on any atom is 0.412 e. The van der Waals surface area contributed by atoms with Crippen LogP contribution in [-0.2, 0) is 16.1 Å². The molecule has 7 nitrogen and oxygen atoms in total. The molecule has 2 aromatic carbocycles. The minimum Gasteiger partial charge on any atom is -0.410 e. The molecule has 1 heterocycles. The average molecular weight is 381 g/mol. The third-order valence-electron chi connectivity index (χ3n) is 4.45. The van der Waals surface area contributed by atoms with Crippen LogP contribution in [-0.4, -0.2) is 42.4 Å². The second-order valence-electron chi connectivity index (χ2n) is 6.58. The van der Waals surface area contributed by atoms with Crippen molar-refractivity contribution in [2.45, 2.75) is 13.0 Å². The van der Waals surface area contributed by atoms with Crippen LogP contribution in [0.4, 0.5) is 4.79 Å². The Kier molecular flexibility index (Phi) is 6.62. The monoisotopic (exact) mass is 381 g/mol. The molecule has 1 aliphatic rings. The summed E-state index contributed by atoms with van der Waals surface area (Å²) in [5.74, 6) is -0.116. The van der Waals surface area contributed by atoms with Gasteiger partial charge >= 0.3 is 6.09 Å². The van der Waals surface area contributed by atoms with E-state index >= 15 is 0 Å². The molecule has 146 valence electrons. The summed E-state index contributed by atoms with van der Waals surface area (Å²) < 4.78 is 5.09. The Hall–Kier alpha value is -3.35. The highest BCUT2D eigenvalue weighted by Gasteiger charge is 2.33. The summed E-state index contributed by atoms with van der Waals surface area (Å²) in [6.45, 7) is 1.43. The molecule has 28 heavy (non-hydrogen) atoms. The van der Waals surface area contributed by atoms with Gasteiger partial charge in [0, 0.05) is 32.6 Å². The highest BCUT2D eigenvalue weighted by Crippen LogP contribution is 2.20. The van der Waals surface area contributed by atoms with Crippen molar-refractivity contribution in [2.75, 3.05) is 19.6 Å². The quantitative estimate of drug-likeness (QED) is 0.718. The van der Waals surface area contributed by atoms with Crippen molar-refractivity contribution in [2.24, 2.45) is 5.92 Å². The standard InChI is InChI=1S/C21H23N3O4/c25-19-13-17(15-24(19)14-16-7-3-1-4-8-16)20(26)22-11-12-23-21(27)28-18-9-5-2-6-10-18/h1-10,17H,11-15H2,(H,22,26)(H,23,27). The molecule has 1 atom stereocenters. The molecule has 1 fully saturated rings. The van der Waals surface area contributed by atoms with Crippen LogP contribution in [0.15, 0.2) is 60.7 Å². The zero-order valence-electron chi connectivity index (χ0n) is 15.5. The first kappa shape index (κ1) is 19.4. The number of nitrogens with one attached hydrogen (secondary N) is 2. The highest BCUT2D eigenvalue weighted by molar-refractivity contribution is 5.89. The van der Waals surface area contributed by atoms with Crippen molar-refractivity contribution >= 4 is 17.9 Å². The van der Waals surface area contributed by atoms with Crippen LogP contribution in [0, 0.1) is 5.92 Å². The number of carbonyl (C=O) groups excluding carboxylic acids is 3. The number of hydrogen-bond acceptors (Lipinski definition) is 4. The molecular formula is C21H23N3O4. The van der Waals surface area contributed by atoms with Crippen LogP contribution in [0.1, 0.15) is 12.0 Å². The van der Waals surface area contributed by atoms with Gasteiger partial charge in [0.25, 0.3) is 0 Å². The number of para-hydroxylation sites is 1. The average Bonchev–Trinajstić information content (AvgIpc) is 3.07. The Morgan fingerprint density at radius 3 is 2.32 bits per heavy atom. The van der Waals surface area contributed by atoms with E-state index in [1.54, 1.807) is 29.2 Å². The van der Waals surface area contributed by atoms with E-state index in [0.717, 1.165) is 5.56 Å². The number of hydrogen-bond donors (Lipinski definition) is 2. The summed E-state index contributed by atoms with van der Waals surface area (Å²) in [6, 6.07) is 18.4. The van der Waals surface area contributed by atoms with Gasteiger partial charge in [0.15, 0.2) is 0 Å². The fraction of sp³-hybridized carbons (Fsp3) is 0.286. The van der Waals surface area contributed by atoms with E-state index in [-0.39, 0.29) is 37.2 Å². The molecule has 1 aliphatic heterocycles. The Balaban J connectivity index is 1.36. The zero-order valence-corrected chi connectivity index (χ0v) is 15.5. The van der Waals surface area contributed by atoms with Gasteiger partial charge in [-0.1, -0.05) is 48.5 Å². The van der Waals surface area contributed by atoms with Gasteiger partial charge < -0.3 is 20.3 Å². The van der Waals surface area contributed by atoms with Gasteiger partial charge in [0.1, 0.15) is 5.75 Å². The predicted molar refractivity (Wildman–Crippen MR) is 103 cm³/mol. The number of benzene rings is 2. The van der Waals surface area contributed by atoms with Gasteiger partial charge in [-0.05, 0) is 17.7 Å². The minimum atomic E-state index is -0.578. The number of nitrogens with zero attached hydrogens (tertiary/aromatic N) is 1. The van der Waals surface area contributed by atoms with E-state index in [2.05, 4.69) is 10.6 Å². The molecular weight excluding hydrogens is 358 g/mol. The largest absolute Gasteiger partial charge is 0.412 e. The summed E-state index contributed by atoms with van der Waals surface area (Å²) in [4.78, 5) is 37.8. The summed E-state index contributed by atoms with van der Waals surface area (Å²) >= 11 is 0. The Morgan fingerprint density at radius 1 is 0.964 bits per heavy atom. The normalized spacial score (nSPS) is 15.9. The summed E-state index contributed by atoms with van der Waals surface area (Å²) in [6.07, 6.45) is -0.368. The molecule has 1 unspecified atom stereocenters. The zero-order chi connectivity index (χ0) is 19.8. The summed E-state index contributed by atoms with van der Waals surface area (Å²) in [5.41, 5.74) is 1.04. The second kappa shape index (κ2) is 9.55. The topological polar surface area (TPSA) is 87.7 Å². The van der Waals surface area contributed by atoms with Crippen molar-refractivity contribution in [3.63, 3.8) is 0 Å². The first-order chi connectivity index (χ1) is 13.6. The Labute approximate surface area is 163 Å². The molecule has 0 spiro atoms. The van der Waals surface area contributed by atoms with Crippen molar-refractivity contribution in [3.8, 4) is 5.75 Å². The molecule has 0 radical (unpaired) electrons. The van der Waals surface area contributed by atoms with Crippen molar-refractivity contribution in [1.29, 1.82) is 0 Å². The maximum atomic E-state index is 12.3. The van der Waals surface area contributed by atoms with E-state index < -0.39 is 6.09 Å². The molecule has 7 heteroatoms. The van der Waals surface area contributed by atoms with E-state index in [1.807, 2.05) is 36.4 Å². The van der Waals surface area contributed by atoms with E-state index in [0.29, 0.717) is 18.8 Å². The van der Waals surface area contributed by atoms with E-state index in [4.69, 9.17) is 4.74 Å². The lowest BCUT2D eigenvalue weighted by Gasteiger charge is -2.16. The Morgan fingerprint density at radius 2 is 1.61 bits per heavy atom. The fourth-order valence-corrected chi connectivity index (χ4v) is 3.03. The van der Waals surface area contributed by atoms with E-state index in [1.165, 1.54) is 0 Å². The number of carbonyl (C=O) groups is 3. The van der Waals surface area contributed by atoms with Crippen molar-refractivity contribution in [3.05, 3.63) is 66.2 Å². The van der Waals surface area contributed by atoms with Gasteiger partial charge in [0.05, 0.1) is 5.92 Å². The van der Waals surface area contributed by atoms with Gasteiger partial charge in [0.2, 0.25) is 11.8 Å². The van der Waals surface area contributed by atoms with Crippen LogP contribution in [0.25, 0.3) is 0 Å². The summed E-state index contributed by atoms with van der Waals surface area (Å²) in [5, 5.41) is 5.33. The molecule has 0 aromatic heterocycles.